The normalized spacial score (nSPS) is 18.6. The molecule has 152 valence electrons. The van der Waals surface area contributed by atoms with E-state index < -0.39 is 5.60 Å². The minimum atomic E-state index is -0.440. The van der Waals surface area contributed by atoms with Crippen molar-refractivity contribution in [3.8, 4) is 0 Å². The summed E-state index contributed by atoms with van der Waals surface area (Å²) in [6.45, 7) is 10.8. The van der Waals surface area contributed by atoms with Gasteiger partial charge in [0.05, 0.1) is 0 Å². The molecular weight excluding hydrogens is 420 g/mol. The van der Waals surface area contributed by atoms with Gasteiger partial charge in [0, 0.05) is 61.5 Å². The van der Waals surface area contributed by atoms with Crippen molar-refractivity contribution in [3.63, 3.8) is 0 Å². The van der Waals surface area contributed by atoms with E-state index in [2.05, 4.69) is 42.6 Å². The summed E-state index contributed by atoms with van der Waals surface area (Å²) in [5.41, 5.74) is 2.08. The highest BCUT2D eigenvalue weighted by Crippen LogP contribution is 2.44. The van der Waals surface area contributed by atoms with Crippen LogP contribution in [0.15, 0.2) is 22.9 Å². The molecule has 1 aliphatic heterocycles. The number of hydrogen-bond acceptors (Lipinski definition) is 4. The third-order valence-corrected chi connectivity index (χ3v) is 5.84. The second kappa shape index (κ2) is 7.67. The number of halogens is 1. The monoisotopic (exact) mass is 448 g/mol. The fraction of sp³-hybridized carbons (Fsp3) is 0.619. The number of rotatable bonds is 4. The first kappa shape index (κ1) is 19.7. The molecule has 2 aromatic heterocycles. The van der Waals surface area contributed by atoms with Gasteiger partial charge in [-0.2, -0.15) is 0 Å². The minimum Gasteiger partial charge on any atom is -0.444 e. The third kappa shape index (κ3) is 4.51. The van der Waals surface area contributed by atoms with Crippen LogP contribution in [0.2, 0.25) is 0 Å². The molecule has 0 atom stereocenters. The Labute approximate surface area is 175 Å². The quantitative estimate of drug-likeness (QED) is 0.701. The molecule has 7 heteroatoms. The summed E-state index contributed by atoms with van der Waals surface area (Å²) in [6.07, 6.45) is 6.57. The second-order valence-electron chi connectivity index (χ2n) is 8.89. The number of aromatic nitrogens is 2. The van der Waals surface area contributed by atoms with Crippen molar-refractivity contribution in [1.82, 2.24) is 19.4 Å². The molecule has 1 aliphatic carbocycles. The van der Waals surface area contributed by atoms with Gasteiger partial charge in [0.2, 0.25) is 0 Å². The number of fused-ring (bicyclic) bond motifs is 1. The molecule has 2 aliphatic rings. The van der Waals surface area contributed by atoms with Crippen molar-refractivity contribution < 1.29 is 9.53 Å². The van der Waals surface area contributed by atoms with E-state index in [1.165, 1.54) is 23.8 Å². The second-order valence-corrected chi connectivity index (χ2v) is 9.80. The van der Waals surface area contributed by atoms with Crippen LogP contribution >= 0.6 is 15.9 Å². The zero-order valence-corrected chi connectivity index (χ0v) is 18.5. The first-order chi connectivity index (χ1) is 13.3. The van der Waals surface area contributed by atoms with Gasteiger partial charge < -0.3 is 14.2 Å². The molecule has 6 nitrogen and oxygen atoms in total. The van der Waals surface area contributed by atoms with E-state index in [9.17, 15) is 4.79 Å². The SMILES string of the molecule is CC(C)(C)OC(=O)N1CCN(CCn2cc(C3CC3)c3cc(Br)cnc32)CC1. The van der Waals surface area contributed by atoms with Crippen LogP contribution in [0.4, 0.5) is 4.79 Å². The zero-order valence-electron chi connectivity index (χ0n) is 16.9. The van der Waals surface area contributed by atoms with E-state index in [-0.39, 0.29) is 6.09 Å². The molecule has 2 fully saturated rings. The Bertz CT molecular complexity index is 861. The van der Waals surface area contributed by atoms with Crippen LogP contribution < -0.4 is 0 Å². The van der Waals surface area contributed by atoms with Crippen LogP contribution in [0.1, 0.15) is 45.1 Å². The van der Waals surface area contributed by atoms with Gasteiger partial charge in [0.1, 0.15) is 11.2 Å². The van der Waals surface area contributed by atoms with E-state index >= 15 is 0 Å². The minimum absolute atomic E-state index is 0.201. The molecule has 1 saturated carbocycles. The molecule has 0 spiro atoms. The van der Waals surface area contributed by atoms with Crippen molar-refractivity contribution in [2.75, 3.05) is 32.7 Å². The Morgan fingerprint density at radius 1 is 1.21 bits per heavy atom. The molecule has 0 bridgehead atoms. The van der Waals surface area contributed by atoms with Gasteiger partial charge in [0.25, 0.3) is 0 Å². The summed E-state index contributed by atoms with van der Waals surface area (Å²) in [5, 5.41) is 1.28. The number of piperazine rings is 1. The summed E-state index contributed by atoms with van der Waals surface area (Å²) < 4.78 is 8.82. The Morgan fingerprint density at radius 2 is 1.93 bits per heavy atom. The summed E-state index contributed by atoms with van der Waals surface area (Å²) >= 11 is 3.56. The van der Waals surface area contributed by atoms with Gasteiger partial charge in [-0.15, -0.1) is 0 Å². The van der Waals surface area contributed by atoms with Crippen LogP contribution in [0.25, 0.3) is 11.0 Å². The van der Waals surface area contributed by atoms with Crippen molar-refractivity contribution in [1.29, 1.82) is 0 Å². The van der Waals surface area contributed by atoms with Gasteiger partial charge in [-0.3, -0.25) is 4.90 Å². The fourth-order valence-electron chi connectivity index (χ4n) is 3.79. The number of hydrogen-bond donors (Lipinski definition) is 0. The highest BCUT2D eigenvalue weighted by Gasteiger charge is 2.28. The van der Waals surface area contributed by atoms with Crippen LogP contribution in [0, 0.1) is 0 Å². The number of amides is 1. The van der Waals surface area contributed by atoms with Gasteiger partial charge in [0.15, 0.2) is 0 Å². The van der Waals surface area contributed by atoms with Crippen molar-refractivity contribution >= 4 is 33.1 Å². The summed E-state index contributed by atoms with van der Waals surface area (Å²) in [5.74, 6) is 0.706. The molecule has 4 rings (SSSR count). The fourth-order valence-corrected chi connectivity index (χ4v) is 4.12. The maximum atomic E-state index is 12.2. The van der Waals surface area contributed by atoms with Crippen LogP contribution in [-0.2, 0) is 11.3 Å². The summed E-state index contributed by atoms with van der Waals surface area (Å²) in [6, 6.07) is 2.20. The average molecular weight is 449 g/mol. The number of ether oxygens (including phenoxy) is 1. The topological polar surface area (TPSA) is 50.6 Å². The molecule has 3 heterocycles. The largest absolute Gasteiger partial charge is 0.444 e. The Balaban J connectivity index is 1.35. The van der Waals surface area contributed by atoms with Crippen molar-refractivity contribution in [2.24, 2.45) is 0 Å². The predicted molar refractivity (Wildman–Crippen MR) is 114 cm³/mol. The molecule has 0 unspecified atom stereocenters. The average Bonchev–Trinajstić information content (AvgIpc) is 3.41. The lowest BCUT2D eigenvalue weighted by Crippen LogP contribution is -2.50. The molecule has 0 radical (unpaired) electrons. The highest BCUT2D eigenvalue weighted by atomic mass is 79.9. The number of carbonyl (C=O) groups excluding carboxylic acids is 1. The number of nitrogens with zero attached hydrogens (tertiary/aromatic N) is 4. The Hall–Kier alpha value is -1.60. The Morgan fingerprint density at radius 3 is 2.57 bits per heavy atom. The smallest absolute Gasteiger partial charge is 0.410 e. The lowest BCUT2D eigenvalue weighted by molar-refractivity contribution is 0.0143. The van der Waals surface area contributed by atoms with Crippen LogP contribution in [0.3, 0.4) is 0 Å². The highest BCUT2D eigenvalue weighted by molar-refractivity contribution is 9.10. The molecule has 0 N–H and O–H groups in total. The number of pyridine rings is 1. The van der Waals surface area contributed by atoms with Crippen LogP contribution in [0.5, 0.6) is 0 Å². The summed E-state index contributed by atoms with van der Waals surface area (Å²) in [7, 11) is 0. The third-order valence-electron chi connectivity index (χ3n) is 5.41. The lowest BCUT2D eigenvalue weighted by atomic mass is 10.1. The first-order valence-corrected chi connectivity index (χ1v) is 10.9. The molecule has 1 amide bonds. The number of carbonyl (C=O) groups is 1. The molecule has 28 heavy (non-hydrogen) atoms. The van der Waals surface area contributed by atoms with Gasteiger partial charge in [-0.25, -0.2) is 9.78 Å². The van der Waals surface area contributed by atoms with E-state index in [0.29, 0.717) is 5.92 Å². The van der Waals surface area contributed by atoms with Crippen molar-refractivity contribution in [2.45, 2.75) is 51.7 Å². The molecule has 1 saturated heterocycles. The van der Waals surface area contributed by atoms with E-state index in [1.54, 1.807) is 0 Å². The summed E-state index contributed by atoms with van der Waals surface area (Å²) in [4.78, 5) is 21.1. The molecule has 0 aromatic carbocycles. The van der Waals surface area contributed by atoms with Gasteiger partial charge >= 0.3 is 6.09 Å². The maximum Gasteiger partial charge on any atom is 0.410 e. The molecular formula is C21H29BrN4O2. The Kier molecular flexibility index (Phi) is 5.40. The van der Waals surface area contributed by atoms with E-state index in [4.69, 9.17) is 4.74 Å². The van der Waals surface area contributed by atoms with E-state index in [1.807, 2.05) is 31.9 Å². The standard InChI is InChI=1S/C21H29BrN4O2/c1-21(2,3)28-20(27)25-9-6-24(7-10-25)8-11-26-14-18(15-4-5-15)17-12-16(22)13-23-19(17)26/h12-15H,4-11H2,1-3H3. The van der Waals surface area contributed by atoms with E-state index in [0.717, 1.165) is 49.4 Å². The maximum absolute atomic E-state index is 12.2. The first-order valence-electron chi connectivity index (χ1n) is 10.1. The van der Waals surface area contributed by atoms with Gasteiger partial charge in [-0.1, -0.05) is 0 Å². The molecule has 2 aromatic rings. The van der Waals surface area contributed by atoms with Crippen LogP contribution in [-0.4, -0.2) is 63.8 Å². The predicted octanol–water partition coefficient (Wildman–Crippen LogP) is 4.23. The van der Waals surface area contributed by atoms with Crippen molar-refractivity contribution in [3.05, 3.63) is 28.5 Å². The van der Waals surface area contributed by atoms with Gasteiger partial charge in [-0.05, 0) is 67.1 Å². The zero-order chi connectivity index (χ0) is 19.9. The lowest BCUT2D eigenvalue weighted by Gasteiger charge is -2.35.